The van der Waals surface area contributed by atoms with E-state index in [1.54, 1.807) is 0 Å². The molecule has 1 aromatic rings. The number of ether oxygens (including phenoxy) is 1. The van der Waals surface area contributed by atoms with Crippen molar-refractivity contribution in [2.45, 2.75) is 11.3 Å². The highest BCUT2D eigenvalue weighted by Gasteiger charge is 2.24. The van der Waals surface area contributed by atoms with Gasteiger partial charge in [0, 0.05) is 21.8 Å². The summed E-state index contributed by atoms with van der Waals surface area (Å²) in [4.78, 5) is 11.9. The quantitative estimate of drug-likeness (QED) is 0.831. The highest BCUT2D eigenvalue weighted by Crippen LogP contribution is 2.28. The Hall–Kier alpha value is -0.630. The Bertz CT molecular complexity index is 599. The van der Waals surface area contributed by atoms with E-state index in [9.17, 15) is 13.2 Å². The summed E-state index contributed by atoms with van der Waals surface area (Å²) in [6.45, 7) is 1.00. The summed E-state index contributed by atoms with van der Waals surface area (Å²) in [5.74, 6) is -0.303. The molecule has 1 fully saturated rings. The predicted molar refractivity (Wildman–Crippen MR) is 74.7 cm³/mol. The van der Waals surface area contributed by atoms with Crippen LogP contribution in [0.5, 0.6) is 0 Å². The molecule has 1 aromatic carbocycles. The Morgan fingerprint density at radius 1 is 1.47 bits per heavy atom. The third-order valence-electron chi connectivity index (χ3n) is 2.78. The van der Waals surface area contributed by atoms with Crippen LogP contribution in [0.1, 0.15) is 6.42 Å². The van der Waals surface area contributed by atoms with E-state index in [4.69, 9.17) is 15.4 Å². The van der Waals surface area contributed by atoms with Gasteiger partial charge in [0.1, 0.15) is 0 Å². The molecule has 5 nitrogen and oxygen atoms in total. The van der Waals surface area contributed by atoms with Gasteiger partial charge in [-0.15, -0.1) is 0 Å². The lowest BCUT2D eigenvalue weighted by Gasteiger charge is -2.11. The summed E-state index contributed by atoms with van der Waals surface area (Å²) >= 11 is 3.21. The molecule has 0 saturated carbocycles. The number of amides is 1. The van der Waals surface area contributed by atoms with Crippen LogP contribution in [-0.4, -0.2) is 27.5 Å². The maximum atomic E-state index is 11.9. The van der Waals surface area contributed by atoms with Gasteiger partial charge >= 0.3 is 0 Å². The van der Waals surface area contributed by atoms with E-state index in [1.165, 1.54) is 18.2 Å². The first-order chi connectivity index (χ1) is 8.88. The number of carbonyl (C=O) groups excluding carboxylic acids is 1. The normalized spacial score (nSPS) is 19.4. The molecule has 1 unspecified atom stereocenters. The van der Waals surface area contributed by atoms with Crippen molar-refractivity contribution in [3.05, 3.63) is 22.7 Å². The van der Waals surface area contributed by atoms with E-state index in [0.29, 0.717) is 29.8 Å². The number of benzene rings is 1. The van der Waals surface area contributed by atoms with Crippen LogP contribution >= 0.6 is 26.6 Å². The standard InChI is InChI=1S/C11H11BrClNO4S/c12-9-5-8(19(13,16)17)1-2-10(9)14-11(15)7-3-4-18-6-7/h1-2,5,7H,3-4,6H2,(H,14,15). The number of halogens is 2. The lowest BCUT2D eigenvalue weighted by atomic mass is 10.1. The molecule has 1 aliphatic rings. The number of hydrogen-bond acceptors (Lipinski definition) is 4. The van der Waals surface area contributed by atoms with Crippen molar-refractivity contribution in [2.24, 2.45) is 5.92 Å². The Labute approximate surface area is 123 Å². The Morgan fingerprint density at radius 2 is 2.21 bits per heavy atom. The third kappa shape index (κ3) is 3.68. The molecule has 8 heteroatoms. The number of hydrogen-bond donors (Lipinski definition) is 1. The second-order valence-electron chi connectivity index (χ2n) is 4.13. The average molecular weight is 369 g/mol. The molecule has 0 aliphatic carbocycles. The number of anilines is 1. The van der Waals surface area contributed by atoms with Gasteiger partial charge < -0.3 is 10.1 Å². The molecule has 1 amide bonds. The Morgan fingerprint density at radius 3 is 2.74 bits per heavy atom. The highest BCUT2D eigenvalue weighted by molar-refractivity contribution is 9.10. The molecule has 1 heterocycles. The molecular weight excluding hydrogens is 358 g/mol. The predicted octanol–water partition coefficient (Wildman–Crippen LogP) is 2.35. The maximum absolute atomic E-state index is 11.9. The second kappa shape index (κ2) is 5.78. The molecule has 0 radical (unpaired) electrons. The molecule has 0 spiro atoms. The SMILES string of the molecule is O=C(Nc1ccc(S(=O)(=O)Cl)cc1Br)C1CCOC1. The van der Waals surface area contributed by atoms with Crippen molar-refractivity contribution in [2.75, 3.05) is 18.5 Å². The van der Waals surface area contributed by atoms with Gasteiger partial charge in [-0.2, -0.15) is 0 Å². The van der Waals surface area contributed by atoms with E-state index in [1.807, 2.05) is 0 Å². The summed E-state index contributed by atoms with van der Waals surface area (Å²) in [5.41, 5.74) is 0.501. The van der Waals surface area contributed by atoms with Crippen molar-refractivity contribution in [3.8, 4) is 0 Å². The molecule has 1 atom stereocenters. The second-order valence-corrected chi connectivity index (χ2v) is 7.55. The molecule has 19 heavy (non-hydrogen) atoms. The van der Waals surface area contributed by atoms with Crippen molar-refractivity contribution < 1.29 is 17.9 Å². The highest BCUT2D eigenvalue weighted by atomic mass is 79.9. The van der Waals surface area contributed by atoms with Gasteiger partial charge in [-0.25, -0.2) is 8.42 Å². The first kappa shape index (κ1) is 14.8. The van der Waals surface area contributed by atoms with Gasteiger partial charge in [0.05, 0.1) is 23.1 Å². The molecule has 1 aliphatic heterocycles. The van der Waals surface area contributed by atoms with E-state index in [-0.39, 0.29) is 16.7 Å². The van der Waals surface area contributed by atoms with Gasteiger partial charge in [-0.05, 0) is 40.5 Å². The van der Waals surface area contributed by atoms with Gasteiger partial charge in [0.15, 0.2) is 0 Å². The smallest absolute Gasteiger partial charge is 0.261 e. The summed E-state index contributed by atoms with van der Waals surface area (Å²) in [6.07, 6.45) is 0.692. The maximum Gasteiger partial charge on any atom is 0.261 e. The molecule has 1 saturated heterocycles. The first-order valence-electron chi connectivity index (χ1n) is 5.51. The van der Waals surface area contributed by atoms with E-state index < -0.39 is 9.05 Å². The van der Waals surface area contributed by atoms with Crippen LogP contribution in [0, 0.1) is 5.92 Å². The van der Waals surface area contributed by atoms with Crippen LogP contribution in [0.25, 0.3) is 0 Å². The number of rotatable bonds is 3. The van der Waals surface area contributed by atoms with E-state index in [0.717, 1.165) is 0 Å². The zero-order valence-electron chi connectivity index (χ0n) is 9.73. The van der Waals surface area contributed by atoms with Gasteiger partial charge in [0.25, 0.3) is 9.05 Å². The van der Waals surface area contributed by atoms with Crippen LogP contribution < -0.4 is 5.32 Å². The van der Waals surface area contributed by atoms with Crippen molar-refractivity contribution >= 4 is 47.3 Å². The van der Waals surface area contributed by atoms with E-state index in [2.05, 4.69) is 21.2 Å². The molecule has 2 rings (SSSR count). The number of nitrogens with one attached hydrogen (secondary N) is 1. The fourth-order valence-corrected chi connectivity index (χ4v) is 3.13. The first-order valence-corrected chi connectivity index (χ1v) is 8.61. The Balaban J connectivity index is 2.15. The van der Waals surface area contributed by atoms with Crippen LogP contribution in [-0.2, 0) is 18.6 Å². The fourth-order valence-electron chi connectivity index (χ4n) is 1.72. The largest absolute Gasteiger partial charge is 0.381 e. The van der Waals surface area contributed by atoms with Crippen molar-refractivity contribution in [3.63, 3.8) is 0 Å². The minimum atomic E-state index is -3.78. The monoisotopic (exact) mass is 367 g/mol. The molecule has 1 N–H and O–H groups in total. The minimum Gasteiger partial charge on any atom is -0.381 e. The lowest BCUT2D eigenvalue weighted by molar-refractivity contribution is -0.119. The van der Waals surface area contributed by atoms with Gasteiger partial charge in [-0.3, -0.25) is 4.79 Å². The van der Waals surface area contributed by atoms with Gasteiger partial charge in [-0.1, -0.05) is 0 Å². The molecule has 104 valence electrons. The fraction of sp³-hybridized carbons (Fsp3) is 0.364. The van der Waals surface area contributed by atoms with Crippen LogP contribution in [0.2, 0.25) is 0 Å². The van der Waals surface area contributed by atoms with Crippen LogP contribution in [0.15, 0.2) is 27.6 Å². The third-order valence-corrected chi connectivity index (χ3v) is 4.79. The minimum absolute atomic E-state index is 0.0248. The van der Waals surface area contributed by atoms with Crippen molar-refractivity contribution in [1.82, 2.24) is 0 Å². The topological polar surface area (TPSA) is 72.5 Å². The average Bonchev–Trinajstić information content (AvgIpc) is 2.84. The lowest BCUT2D eigenvalue weighted by Crippen LogP contribution is -2.23. The van der Waals surface area contributed by atoms with Gasteiger partial charge in [0.2, 0.25) is 5.91 Å². The molecule has 0 aromatic heterocycles. The van der Waals surface area contributed by atoms with Crippen LogP contribution in [0.3, 0.4) is 0 Å². The summed E-state index contributed by atoms with van der Waals surface area (Å²) in [6, 6.07) is 4.18. The summed E-state index contributed by atoms with van der Waals surface area (Å²) in [5, 5.41) is 2.73. The number of carbonyl (C=O) groups is 1. The zero-order chi connectivity index (χ0) is 14.0. The summed E-state index contributed by atoms with van der Waals surface area (Å²) < 4.78 is 27.9. The van der Waals surface area contributed by atoms with Crippen molar-refractivity contribution in [1.29, 1.82) is 0 Å². The summed E-state index contributed by atoms with van der Waals surface area (Å²) in [7, 11) is 1.46. The molecular formula is C11H11BrClNO4S. The van der Waals surface area contributed by atoms with Crippen LogP contribution in [0.4, 0.5) is 5.69 Å². The van der Waals surface area contributed by atoms with E-state index >= 15 is 0 Å². The molecule has 0 bridgehead atoms. The zero-order valence-corrected chi connectivity index (χ0v) is 12.9. The Kier molecular flexibility index (Phi) is 4.50.